The van der Waals surface area contributed by atoms with E-state index in [0.717, 1.165) is 18.2 Å². The lowest BCUT2D eigenvalue weighted by Gasteiger charge is -2.15. The summed E-state index contributed by atoms with van der Waals surface area (Å²) in [6.45, 7) is 1.53. The summed E-state index contributed by atoms with van der Waals surface area (Å²) in [4.78, 5) is 3.22. The van der Waals surface area contributed by atoms with Crippen molar-refractivity contribution in [2.75, 3.05) is 5.32 Å². The van der Waals surface area contributed by atoms with Gasteiger partial charge in [0.2, 0.25) is 0 Å². The minimum Gasteiger partial charge on any atom is -0.338 e. The van der Waals surface area contributed by atoms with Crippen LogP contribution in [0.5, 0.6) is 0 Å². The number of hydrogen-bond acceptors (Lipinski definition) is 16. The molecule has 4 aromatic carbocycles. The quantitative estimate of drug-likeness (QED) is 0.0855. The van der Waals surface area contributed by atoms with Crippen molar-refractivity contribution in [3.8, 4) is 6.07 Å². The van der Waals surface area contributed by atoms with Crippen LogP contribution in [0.3, 0.4) is 0 Å². The first-order valence-electron chi connectivity index (χ1n) is 14.9. The van der Waals surface area contributed by atoms with E-state index in [9.17, 15) is 44.2 Å². The molecule has 23 heteroatoms. The highest BCUT2D eigenvalue weighted by Crippen LogP contribution is 2.37. The SMILES string of the molecule is Cc1c(C#N)c(Cc2ccc(S(=O)(=O)O)cc2)nc(Nc2ccc(S(=O)(=O)O)cc2)c1N=Nc1ccc(N=Nc2ccccc2)cc1S(=O)(=O)O.O=S(=O)=O. The van der Waals surface area contributed by atoms with Gasteiger partial charge >= 0.3 is 10.6 Å². The number of hydrogen-bond donors (Lipinski definition) is 4. The van der Waals surface area contributed by atoms with Crippen molar-refractivity contribution >= 4 is 75.2 Å². The fraction of sp³-hybridized carbons (Fsp3) is 0.0625. The topological polar surface area (TPSA) is 312 Å². The largest absolute Gasteiger partial charge is 0.425 e. The zero-order chi connectivity index (χ0) is 40.6. The van der Waals surface area contributed by atoms with Gasteiger partial charge in [0.25, 0.3) is 30.4 Å². The average molecular weight is 828 g/mol. The number of nitrogens with one attached hydrogen (secondary N) is 1. The third-order valence-electron chi connectivity index (χ3n) is 7.13. The summed E-state index contributed by atoms with van der Waals surface area (Å²) in [6.07, 6.45) is 0.00911. The molecule has 0 aliphatic heterocycles. The van der Waals surface area contributed by atoms with Gasteiger partial charge in [0, 0.05) is 17.7 Å². The van der Waals surface area contributed by atoms with Crippen LogP contribution in [0.15, 0.2) is 132 Å². The lowest BCUT2D eigenvalue weighted by molar-refractivity contribution is 0.481. The van der Waals surface area contributed by atoms with Gasteiger partial charge in [-0.15, -0.1) is 22.9 Å². The molecule has 1 heterocycles. The van der Waals surface area contributed by atoms with Crippen LogP contribution >= 0.6 is 0 Å². The molecule has 0 aliphatic rings. The highest BCUT2D eigenvalue weighted by molar-refractivity contribution is 7.86. The minimum absolute atomic E-state index is 0.00911. The van der Waals surface area contributed by atoms with Gasteiger partial charge in [-0.05, 0) is 79.2 Å². The van der Waals surface area contributed by atoms with Crippen LogP contribution in [0.4, 0.5) is 34.3 Å². The lowest BCUT2D eigenvalue weighted by atomic mass is 10.0. The van der Waals surface area contributed by atoms with Crippen LogP contribution < -0.4 is 5.32 Å². The fourth-order valence-electron chi connectivity index (χ4n) is 4.63. The molecule has 5 rings (SSSR count). The number of anilines is 2. The molecule has 55 heavy (non-hydrogen) atoms. The molecular formula is C32H25N7O12S4. The van der Waals surface area contributed by atoms with Crippen molar-refractivity contribution in [1.82, 2.24) is 4.98 Å². The molecule has 0 saturated carbocycles. The highest BCUT2D eigenvalue weighted by Gasteiger charge is 2.21. The molecule has 284 valence electrons. The Morgan fingerprint density at radius 2 is 1.25 bits per heavy atom. The average Bonchev–Trinajstić information content (AvgIpc) is 3.10. The van der Waals surface area contributed by atoms with Crippen LogP contribution in [0.1, 0.15) is 22.4 Å². The second-order valence-corrected chi connectivity index (χ2v) is 15.5. The third kappa shape index (κ3) is 11.7. The number of azo groups is 2. The first-order valence-corrected chi connectivity index (χ1v) is 20.2. The van der Waals surface area contributed by atoms with Crippen LogP contribution in [-0.4, -0.2) is 56.5 Å². The number of nitrogens with zero attached hydrogens (tertiary/aromatic N) is 6. The summed E-state index contributed by atoms with van der Waals surface area (Å²) in [5.74, 6) is -0.0129. The van der Waals surface area contributed by atoms with Gasteiger partial charge in [0.15, 0.2) is 5.82 Å². The predicted octanol–water partition coefficient (Wildman–Crippen LogP) is 6.16. The van der Waals surface area contributed by atoms with E-state index in [-0.39, 0.29) is 61.6 Å². The van der Waals surface area contributed by atoms with E-state index in [1.54, 1.807) is 30.3 Å². The van der Waals surface area contributed by atoms with Gasteiger partial charge in [-0.25, -0.2) is 4.98 Å². The second kappa shape index (κ2) is 17.3. The van der Waals surface area contributed by atoms with E-state index in [2.05, 4.69) is 36.8 Å². The van der Waals surface area contributed by atoms with Gasteiger partial charge in [-0.3, -0.25) is 13.7 Å². The molecular weight excluding hydrogens is 803 g/mol. The molecule has 5 aromatic rings. The summed E-state index contributed by atoms with van der Waals surface area (Å²) >= 11 is 0. The smallest absolute Gasteiger partial charge is 0.338 e. The summed E-state index contributed by atoms with van der Waals surface area (Å²) < 4.78 is 125. The van der Waals surface area contributed by atoms with E-state index in [0.29, 0.717) is 11.3 Å². The molecule has 0 bridgehead atoms. The van der Waals surface area contributed by atoms with Crippen LogP contribution in [0.2, 0.25) is 0 Å². The Balaban J connectivity index is 0.00000160. The molecule has 4 N–H and O–H groups in total. The Morgan fingerprint density at radius 1 is 0.709 bits per heavy atom. The Kier molecular flexibility index (Phi) is 13.1. The molecule has 0 fully saturated rings. The molecule has 0 amide bonds. The summed E-state index contributed by atoms with van der Waals surface area (Å²) in [7, 11) is -16.9. The molecule has 1 aromatic heterocycles. The lowest BCUT2D eigenvalue weighted by Crippen LogP contribution is -2.05. The normalized spacial score (nSPS) is 11.8. The molecule has 0 unspecified atom stereocenters. The zero-order valence-electron chi connectivity index (χ0n) is 27.8. The molecule has 0 atom stereocenters. The van der Waals surface area contributed by atoms with Crippen molar-refractivity contribution in [2.24, 2.45) is 20.5 Å². The van der Waals surface area contributed by atoms with Gasteiger partial charge < -0.3 is 5.32 Å². The summed E-state index contributed by atoms with van der Waals surface area (Å²) in [6, 6.07) is 24.5. The van der Waals surface area contributed by atoms with Crippen molar-refractivity contribution in [2.45, 2.75) is 28.0 Å². The Hall–Kier alpha value is -6.13. The molecule has 0 aliphatic carbocycles. The number of aromatic nitrogens is 1. The van der Waals surface area contributed by atoms with Gasteiger partial charge in [0.1, 0.15) is 22.3 Å². The standard InChI is InChI=1S/C32H25N7O9S3.O3S/c1-20-27(19-33)29(17-21-7-12-25(13-8-21)49(40,41)42)35-32(34-22-9-14-26(15-10-22)50(43,44)45)31(20)39-38-28-16-11-24(18-30(28)51(46,47)48)37-36-23-5-3-2-4-6-23;1-4(2)3/h2-16,18H,17H2,1H3,(H,34,35)(H,40,41,42)(H,43,44,45)(H,46,47,48);. The zero-order valence-corrected chi connectivity index (χ0v) is 31.0. The fourth-order valence-corrected chi connectivity index (χ4v) is 6.23. The predicted molar refractivity (Wildman–Crippen MR) is 193 cm³/mol. The van der Waals surface area contributed by atoms with Crippen molar-refractivity contribution in [1.29, 1.82) is 5.26 Å². The van der Waals surface area contributed by atoms with Gasteiger partial charge in [0.05, 0.1) is 32.4 Å². The summed E-state index contributed by atoms with van der Waals surface area (Å²) in [5.41, 5.74) is 1.54. The maximum Gasteiger partial charge on any atom is 0.425 e. The highest BCUT2D eigenvalue weighted by atomic mass is 32.2. The molecule has 0 saturated heterocycles. The van der Waals surface area contributed by atoms with Crippen LogP contribution in [-0.2, 0) is 47.4 Å². The van der Waals surface area contributed by atoms with E-state index < -0.39 is 45.9 Å². The van der Waals surface area contributed by atoms with Crippen molar-refractivity contribution < 1.29 is 51.5 Å². The van der Waals surface area contributed by atoms with E-state index in [4.69, 9.17) is 12.6 Å². The summed E-state index contributed by atoms with van der Waals surface area (Å²) in [5, 5.41) is 29.4. The Labute approximate surface area is 315 Å². The molecule has 0 radical (unpaired) electrons. The Morgan fingerprint density at radius 3 is 1.78 bits per heavy atom. The molecule has 0 spiro atoms. The first kappa shape index (κ1) is 41.6. The van der Waals surface area contributed by atoms with E-state index >= 15 is 0 Å². The maximum atomic E-state index is 12.4. The number of nitriles is 1. The van der Waals surface area contributed by atoms with E-state index in [1.165, 1.54) is 55.5 Å². The van der Waals surface area contributed by atoms with Crippen LogP contribution in [0, 0.1) is 18.3 Å². The number of pyridine rings is 1. The monoisotopic (exact) mass is 827 g/mol. The number of rotatable bonds is 11. The minimum atomic E-state index is -4.86. The third-order valence-corrected chi connectivity index (χ3v) is 9.74. The van der Waals surface area contributed by atoms with Gasteiger partial charge in [-0.2, -0.15) is 40.7 Å². The maximum absolute atomic E-state index is 12.4. The van der Waals surface area contributed by atoms with Gasteiger partial charge in [-0.1, -0.05) is 30.3 Å². The first-order chi connectivity index (χ1) is 25.8. The second-order valence-electron chi connectivity index (χ2n) is 10.9. The van der Waals surface area contributed by atoms with Crippen LogP contribution in [0.25, 0.3) is 0 Å². The Bertz CT molecular complexity index is 2790. The van der Waals surface area contributed by atoms with Crippen molar-refractivity contribution in [3.05, 3.63) is 119 Å². The van der Waals surface area contributed by atoms with E-state index in [1.807, 2.05) is 0 Å². The molecule has 19 nitrogen and oxygen atoms in total. The van der Waals surface area contributed by atoms with Crippen molar-refractivity contribution in [3.63, 3.8) is 0 Å². The number of benzene rings is 4.